The van der Waals surface area contributed by atoms with Crippen molar-refractivity contribution in [3.63, 3.8) is 0 Å². The van der Waals surface area contributed by atoms with Gasteiger partial charge in [-0.1, -0.05) is 182 Å². The standard InChI is InChI=1S/C70H110F4O/c1-5-9-11-15-51-17-21-55(22-18-51)45-61-47-65(69(73)67(71)63(61)43-33-53-29-39-59(40-30-53)57-35-25-49(13-7-3)26-36-57)75-66-48-62(46-56-23-19-52(20-24-56)16-12-10-6-2)64(68(72)70(66)74)44-34-54-31-41-60(42-32-54)58-37-27-50(14-8-4)28-38-58/h47-60H,5-46H2,1-4H3. The number of halogens is 4. The first-order valence-electron chi connectivity index (χ1n) is 33.3. The molecule has 0 atom stereocenters. The van der Waals surface area contributed by atoms with Crippen molar-refractivity contribution in [2.45, 2.75) is 297 Å². The van der Waals surface area contributed by atoms with E-state index in [0.717, 1.165) is 97.0 Å². The summed E-state index contributed by atoms with van der Waals surface area (Å²) in [4.78, 5) is 0. The van der Waals surface area contributed by atoms with E-state index in [0.29, 0.717) is 60.5 Å². The van der Waals surface area contributed by atoms with Crippen molar-refractivity contribution in [3.05, 3.63) is 57.7 Å². The van der Waals surface area contributed by atoms with Crippen molar-refractivity contribution in [3.8, 4) is 11.5 Å². The van der Waals surface area contributed by atoms with Gasteiger partial charge in [-0.05, 0) is 221 Å². The highest BCUT2D eigenvalue weighted by atomic mass is 19.2. The van der Waals surface area contributed by atoms with E-state index in [1.54, 1.807) is 12.1 Å². The molecule has 0 saturated heterocycles. The number of rotatable bonds is 26. The van der Waals surface area contributed by atoms with Crippen LogP contribution in [0.5, 0.6) is 11.5 Å². The van der Waals surface area contributed by atoms with Crippen LogP contribution in [0.2, 0.25) is 0 Å². The van der Waals surface area contributed by atoms with Crippen molar-refractivity contribution >= 4 is 0 Å². The third-order valence-electron chi connectivity index (χ3n) is 22.2. The molecule has 0 aromatic heterocycles. The minimum Gasteiger partial charge on any atom is -0.451 e. The fraction of sp³-hybridized carbons (Fsp3) is 0.829. The molecule has 0 N–H and O–H groups in total. The summed E-state index contributed by atoms with van der Waals surface area (Å²) in [6.45, 7) is 9.18. The van der Waals surface area contributed by atoms with E-state index >= 15 is 17.6 Å². The van der Waals surface area contributed by atoms with Crippen LogP contribution in [0.15, 0.2) is 12.1 Å². The molecule has 0 unspecified atom stereocenters. The molecule has 0 spiro atoms. The third-order valence-corrected chi connectivity index (χ3v) is 22.2. The molecule has 2 aromatic carbocycles. The van der Waals surface area contributed by atoms with Gasteiger partial charge in [-0.3, -0.25) is 0 Å². The molecule has 8 rings (SSSR count). The highest BCUT2D eigenvalue weighted by Crippen LogP contribution is 2.47. The van der Waals surface area contributed by atoms with Gasteiger partial charge in [0.25, 0.3) is 0 Å². The van der Waals surface area contributed by atoms with Gasteiger partial charge in [-0.15, -0.1) is 0 Å². The minimum absolute atomic E-state index is 0.283. The Labute approximate surface area is 457 Å². The molecule has 2 aromatic rings. The SMILES string of the molecule is CCCCCC1CCC(Cc2cc(Oc3cc(CC4CCC(CCCCC)CC4)c(CCC4CCC(C5CCC(CCC)CC5)CC4)c(F)c3F)c(F)c(F)c2CCC2CCC(C3CCC(CCC)CC3)CC2)CC1. The molecular weight excluding hydrogens is 933 g/mol. The van der Waals surface area contributed by atoms with E-state index in [2.05, 4.69) is 27.7 Å². The molecule has 0 aliphatic heterocycles. The number of benzene rings is 2. The minimum atomic E-state index is -1.05. The summed E-state index contributed by atoms with van der Waals surface area (Å²) in [7, 11) is 0. The fourth-order valence-electron chi connectivity index (χ4n) is 17.3. The van der Waals surface area contributed by atoms with E-state index in [-0.39, 0.29) is 11.5 Å². The molecule has 1 nitrogen and oxygen atoms in total. The van der Waals surface area contributed by atoms with Crippen molar-refractivity contribution in [1.82, 2.24) is 0 Å². The molecule has 6 fully saturated rings. The maximum absolute atomic E-state index is 16.9. The summed E-state index contributed by atoms with van der Waals surface area (Å²) in [6, 6.07) is 3.43. The van der Waals surface area contributed by atoms with Crippen molar-refractivity contribution in [2.75, 3.05) is 0 Å². The molecule has 424 valence electrons. The number of hydrogen-bond acceptors (Lipinski definition) is 1. The largest absolute Gasteiger partial charge is 0.451 e. The third kappa shape index (κ3) is 17.0. The highest BCUT2D eigenvalue weighted by Gasteiger charge is 2.35. The zero-order chi connectivity index (χ0) is 52.5. The van der Waals surface area contributed by atoms with Crippen LogP contribution in [0.1, 0.15) is 294 Å². The van der Waals surface area contributed by atoms with E-state index in [1.807, 2.05) is 0 Å². The second-order valence-corrected chi connectivity index (χ2v) is 27.3. The van der Waals surface area contributed by atoms with Crippen LogP contribution >= 0.6 is 0 Å². The summed E-state index contributed by atoms with van der Waals surface area (Å²) < 4.78 is 73.6. The van der Waals surface area contributed by atoms with Gasteiger partial charge < -0.3 is 4.74 Å². The first-order valence-corrected chi connectivity index (χ1v) is 33.3. The van der Waals surface area contributed by atoms with Gasteiger partial charge in [-0.25, -0.2) is 8.78 Å². The lowest BCUT2D eigenvalue weighted by atomic mass is 9.68. The number of unbranched alkanes of at least 4 members (excludes halogenated alkanes) is 4. The summed E-state index contributed by atoms with van der Waals surface area (Å²) in [5.41, 5.74) is 2.65. The van der Waals surface area contributed by atoms with Crippen LogP contribution < -0.4 is 4.74 Å². The van der Waals surface area contributed by atoms with E-state index in [9.17, 15) is 0 Å². The molecule has 6 saturated carbocycles. The Morgan fingerprint density at radius 2 is 0.600 bits per heavy atom. The first kappa shape index (κ1) is 59.1. The molecule has 75 heavy (non-hydrogen) atoms. The molecule has 0 bridgehead atoms. The molecule has 0 amide bonds. The lowest BCUT2D eigenvalue weighted by Crippen LogP contribution is -2.26. The van der Waals surface area contributed by atoms with E-state index < -0.39 is 23.3 Å². The molecule has 6 aliphatic carbocycles. The summed E-state index contributed by atoms with van der Waals surface area (Å²) >= 11 is 0. The zero-order valence-electron chi connectivity index (χ0n) is 48.7. The Morgan fingerprint density at radius 3 is 0.907 bits per heavy atom. The average Bonchev–Trinajstić information content (AvgIpc) is 3.43. The fourth-order valence-corrected chi connectivity index (χ4v) is 17.3. The van der Waals surface area contributed by atoms with Crippen molar-refractivity contribution in [1.29, 1.82) is 0 Å². The highest BCUT2D eigenvalue weighted by molar-refractivity contribution is 5.45. The van der Waals surface area contributed by atoms with Crippen LogP contribution in [-0.2, 0) is 25.7 Å². The summed E-state index contributed by atoms with van der Waals surface area (Å²) in [5, 5.41) is 0. The van der Waals surface area contributed by atoms with Gasteiger partial charge in [0.1, 0.15) is 0 Å². The van der Waals surface area contributed by atoms with Gasteiger partial charge in [0.05, 0.1) is 0 Å². The monoisotopic (exact) mass is 1040 g/mol. The lowest BCUT2D eigenvalue weighted by Gasteiger charge is -2.38. The molecule has 5 heteroatoms. The topological polar surface area (TPSA) is 9.23 Å². The van der Waals surface area contributed by atoms with Gasteiger partial charge in [0.2, 0.25) is 11.6 Å². The van der Waals surface area contributed by atoms with Crippen molar-refractivity contribution < 1.29 is 22.3 Å². The van der Waals surface area contributed by atoms with E-state index in [1.165, 1.54) is 205 Å². The normalized spacial score (nSPS) is 30.9. The number of hydrogen-bond donors (Lipinski definition) is 0. The number of ether oxygens (including phenoxy) is 1. The predicted molar refractivity (Wildman–Crippen MR) is 308 cm³/mol. The average molecular weight is 1040 g/mol. The van der Waals surface area contributed by atoms with Crippen LogP contribution in [0.3, 0.4) is 0 Å². The van der Waals surface area contributed by atoms with Gasteiger partial charge in [0, 0.05) is 0 Å². The van der Waals surface area contributed by atoms with Crippen LogP contribution in [-0.4, -0.2) is 0 Å². The Balaban J connectivity index is 0.974. The van der Waals surface area contributed by atoms with Gasteiger partial charge in [0.15, 0.2) is 23.1 Å². The summed E-state index contributed by atoms with van der Waals surface area (Å²) in [6.07, 6.45) is 50.0. The Bertz CT molecular complexity index is 1800. The second kappa shape index (κ2) is 30.5. The predicted octanol–water partition coefficient (Wildman–Crippen LogP) is 22.6. The van der Waals surface area contributed by atoms with Gasteiger partial charge >= 0.3 is 0 Å². The molecule has 0 heterocycles. The quantitative estimate of drug-likeness (QED) is 0.0674. The lowest BCUT2D eigenvalue weighted by molar-refractivity contribution is 0.141. The van der Waals surface area contributed by atoms with Crippen LogP contribution in [0, 0.1) is 94.3 Å². The van der Waals surface area contributed by atoms with Crippen LogP contribution in [0.4, 0.5) is 17.6 Å². The second-order valence-electron chi connectivity index (χ2n) is 27.3. The van der Waals surface area contributed by atoms with E-state index in [4.69, 9.17) is 4.74 Å². The molecular formula is C70H110F4O. The van der Waals surface area contributed by atoms with Gasteiger partial charge in [-0.2, -0.15) is 8.78 Å². The smallest absolute Gasteiger partial charge is 0.201 e. The first-order chi connectivity index (χ1) is 36.6. The van der Waals surface area contributed by atoms with Crippen molar-refractivity contribution in [2.24, 2.45) is 71.0 Å². The Morgan fingerprint density at radius 1 is 0.320 bits per heavy atom. The zero-order valence-corrected chi connectivity index (χ0v) is 48.7. The Kier molecular flexibility index (Phi) is 24.0. The summed E-state index contributed by atoms with van der Waals surface area (Å²) in [5.74, 6) is 4.30. The maximum Gasteiger partial charge on any atom is 0.201 e. The molecule has 6 aliphatic rings. The maximum atomic E-state index is 16.9. The van der Waals surface area contributed by atoms with Crippen LogP contribution in [0.25, 0.3) is 0 Å². The Hall–Kier alpha value is -2.04. The molecule has 0 radical (unpaired) electrons.